The first-order valence-corrected chi connectivity index (χ1v) is 8.08. The Hall–Kier alpha value is -2.70. The Labute approximate surface area is 149 Å². The predicted molar refractivity (Wildman–Crippen MR) is 92.4 cm³/mol. The van der Waals surface area contributed by atoms with Gasteiger partial charge in [0.2, 0.25) is 0 Å². The fourth-order valence-corrected chi connectivity index (χ4v) is 2.45. The van der Waals surface area contributed by atoms with Gasteiger partial charge in [0.1, 0.15) is 11.5 Å². The predicted octanol–water partition coefficient (Wildman–Crippen LogP) is 5.00. The number of alkyl halides is 3. The van der Waals surface area contributed by atoms with Crippen molar-refractivity contribution in [2.45, 2.75) is 39.7 Å². The highest BCUT2D eigenvalue weighted by Crippen LogP contribution is 2.24. The second kappa shape index (κ2) is 8.12. The molecule has 0 spiro atoms. The van der Waals surface area contributed by atoms with Crippen LogP contribution in [0.3, 0.4) is 0 Å². The zero-order chi connectivity index (χ0) is 19.3. The molecular weight excluding hydrogens is 347 g/mol. The lowest BCUT2D eigenvalue weighted by atomic mass is 10.1. The van der Waals surface area contributed by atoms with Crippen molar-refractivity contribution in [1.29, 1.82) is 0 Å². The van der Waals surface area contributed by atoms with Crippen molar-refractivity contribution in [1.82, 2.24) is 0 Å². The topological polar surface area (TPSA) is 47.6 Å². The lowest BCUT2D eigenvalue weighted by molar-refractivity contribution is -0.274. The number of halogens is 3. The van der Waals surface area contributed by atoms with E-state index in [9.17, 15) is 18.0 Å². The van der Waals surface area contributed by atoms with Crippen molar-refractivity contribution in [3.8, 4) is 11.5 Å². The molecule has 140 valence electrons. The molecule has 0 bridgehead atoms. The molecule has 1 atom stereocenters. The molecular formula is C19H20F3NO3. The third-order valence-electron chi connectivity index (χ3n) is 3.49. The molecule has 26 heavy (non-hydrogen) atoms. The van der Waals surface area contributed by atoms with Gasteiger partial charge < -0.3 is 14.8 Å². The minimum atomic E-state index is -4.75. The van der Waals surface area contributed by atoms with E-state index in [-0.39, 0.29) is 11.7 Å². The maximum atomic E-state index is 12.4. The summed E-state index contributed by atoms with van der Waals surface area (Å²) in [6.45, 7) is 5.68. The molecule has 0 saturated heterocycles. The Morgan fingerprint density at radius 1 is 1.04 bits per heavy atom. The van der Waals surface area contributed by atoms with E-state index in [1.54, 1.807) is 0 Å². The van der Waals surface area contributed by atoms with Crippen LogP contribution >= 0.6 is 0 Å². The molecule has 0 aliphatic carbocycles. The van der Waals surface area contributed by atoms with Gasteiger partial charge in [0.15, 0.2) is 6.10 Å². The third-order valence-corrected chi connectivity index (χ3v) is 3.49. The standard InChI is InChI=1S/C19H20F3NO3/c1-4-17(25-16-10-12(2)9-13(3)11-16)18(24)23-14-5-7-15(8-6-14)26-19(20,21)22/h5-11,17H,4H2,1-3H3,(H,23,24). The lowest BCUT2D eigenvalue weighted by Crippen LogP contribution is -2.32. The fourth-order valence-electron chi connectivity index (χ4n) is 2.45. The third kappa shape index (κ3) is 5.98. The van der Waals surface area contributed by atoms with Gasteiger partial charge >= 0.3 is 6.36 Å². The van der Waals surface area contributed by atoms with E-state index >= 15 is 0 Å². The molecule has 0 fully saturated rings. The van der Waals surface area contributed by atoms with Gasteiger partial charge in [0, 0.05) is 5.69 Å². The molecule has 1 unspecified atom stereocenters. The molecule has 7 heteroatoms. The summed E-state index contributed by atoms with van der Waals surface area (Å²) < 4.78 is 46.0. The van der Waals surface area contributed by atoms with Crippen molar-refractivity contribution in [3.05, 3.63) is 53.6 Å². The van der Waals surface area contributed by atoms with Gasteiger partial charge in [-0.3, -0.25) is 4.79 Å². The largest absolute Gasteiger partial charge is 0.573 e. The molecule has 0 aliphatic rings. The van der Waals surface area contributed by atoms with Crippen LogP contribution in [0.5, 0.6) is 11.5 Å². The number of carbonyl (C=O) groups excluding carboxylic acids is 1. The Balaban J connectivity index is 2.02. The van der Waals surface area contributed by atoms with E-state index in [1.165, 1.54) is 12.1 Å². The van der Waals surface area contributed by atoms with Crippen molar-refractivity contribution in [2.75, 3.05) is 5.32 Å². The van der Waals surface area contributed by atoms with Gasteiger partial charge in [-0.05, 0) is 67.8 Å². The summed E-state index contributed by atoms with van der Waals surface area (Å²) in [5.74, 6) is -0.136. The Morgan fingerprint density at radius 3 is 2.12 bits per heavy atom. The second-order valence-corrected chi connectivity index (χ2v) is 5.90. The number of carbonyl (C=O) groups is 1. The van der Waals surface area contributed by atoms with Gasteiger partial charge in [-0.15, -0.1) is 13.2 Å². The van der Waals surface area contributed by atoms with Crippen LogP contribution in [0.15, 0.2) is 42.5 Å². The van der Waals surface area contributed by atoms with Crippen LogP contribution in [0.1, 0.15) is 24.5 Å². The summed E-state index contributed by atoms with van der Waals surface area (Å²) in [6.07, 6.45) is -5.03. The van der Waals surface area contributed by atoms with Crippen LogP contribution in [0.25, 0.3) is 0 Å². The van der Waals surface area contributed by atoms with Crippen LogP contribution in [0, 0.1) is 13.8 Å². The number of nitrogens with one attached hydrogen (secondary N) is 1. The number of hydrogen-bond donors (Lipinski definition) is 1. The molecule has 2 aromatic rings. The number of hydrogen-bond acceptors (Lipinski definition) is 3. The Kier molecular flexibility index (Phi) is 6.13. The molecule has 0 heterocycles. The lowest BCUT2D eigenvalue weighted by Gasteiger charge is -2.18. The molecule has 0 radical (unpaired) electrons. The van der Waals surface area contributed by atoms with Crippen LogP contribution in [0.4, 0.5) is 18.9 Å². The van der Waals surface area contributed by atoms with E-state index < -0.39 is 12.5 Å². The average molecular weight is 367 g/mol. The summed E-state index contributed by atoms with van der Waals surface area (Å²) in [4.78, 5) is 12.4. The smallest absolute Gasteiger partial charge is 0.481 e. The van der Waals surface area contributed by atoms with E-state index in [0.717, 1.165) is 23.3 Å². The van der Waals surface area contributed by atoms with Crippen LogP contribution < -0.4 is 14.8 Å². The van der Waals surface area contributed by atoms with Crippen molar-refractivity contribution in [3.63, 3.8) is 0 Å². The number of ether oxygens (including phenoxy) is 2. The number of amides is 1. The van der Waals surface area contributed by atoms with E-state index in [4.69, 9.17) is 4.74 Å². The van der Waals surface area contributed by atoms with Crippen LogP contribution in [-0.2, 0) is 4.79 Å². The quantitative estimate of drug-likeness (QED) is 0.782. The number of rotatable bonds is 6. The highest BCUT2D eigenvalue weighted by atomic mass is 19.4. The van der Waals surface area contributed by atoms with E-state index in [1.807, 2.05) is 39.0 Å². The molecule has 0 aliphatic heterocycles. The molecule has 2 rings (SSSR count). The van der Waals surface area contributed by atoms with Gasteiger partial charge in [-0.2, -0.15) is 0 Å². The molecule has 0 saturated carbocycles. The number of aryl methyl sites for hydroxylation is 2. The molecule has 0 aromatic heterocycles. The van der Waals surface area contributed by atoms with Gasteiger partial charge in [-0.25, -0.2) is 0 Å². The first kappa shape index (κ1) is 19.6. The monoisotopic (exact) mass is 367 g/mol. The van der Waals surface area contributed by atoms with Gasteiger partial charge in [-0.1, -0.05) is 13.0 Å². The van der Waals surface area contributed by atoms with Gasteiger partial charge in [0.25, 0.3) is 5.91 Å². The average Bonchev–Trinajstić information content (AvgIpc) is 2.52. The maximum absolute atomic E-state index is 12.4. The van der Waals surface area contributed by atoms with Crippen LogP contribution in [0.2, 0.25) is 0 Å². The zero-order valence-electron chi connectivity index (χ0n) is 14.7. The fraction of sp³-hybridized carbons (Fsp3) is 0.316. The zero-order valence-corrected chi connectivity index (χ0v) is 14.7. The molecule has 2 aromatic carbocycles. The first-order chi connectivity index (χ1) is 12.2. The molecule has 1 N–H and O–H groups in total. The second-order valence-electron chi connectivity index (χ2n) is 5.90. The number of benzene rings is 2. The van der Waals surface area contributed by atoms with Crippen molar-refractivity contribution < 1.29 is 27.4 Å². The summed E-state index contributed by atoms with van der Waals surface area (Å²) in [6, 6.07) is 10.6. The summed E-state index contributed by atoms with van der Waals surface area (Å²) >= 11 is 0. The SMILES string of the molecule is CCC(Oc1cc(C)cc(C)c1)C(=O)Nc1ccc(OC(F)(F)F)cc1. The maximum Gasteiger partial charge on any atom is 0.573 e. The minimum Gasteiger partial charge on any atom is -0.481 e. The van der Waals surface area contributed by atoms with E-state index in [2.05, 4.69) is 10.1 Å². The highest BCUT2D eigenvalue weighted by molar-refractivity contribution is 5.94. The summed E-state index contributed by atoms with van der Waals surface area (Å²) in [5.41, 5.74) is 2.40. The minimum absolute atomic E-state index is 0.353. The van der Waals surface area contributed by atoms with Crippen LogP contribution in [-0.4, -0.2) is 18.4 Å². The Bertz CT molecular complexity index is 737. The number of anilines is 1. The molecule has 4 nitrogen and oxygen atoms in total. The summed E-state index contributed by atoms with van der Waals surface area (Å²) in [5, 5.41) is 2.63. The van der Waals surface area contributed by atoms with Crippen molar-refractivity contribution >= 4 is 11.6 Å². The highest BCUT2D eigenvalue weighted by Gasteiger charge is 2.31. The normalized spacial score (nSPS) is 12.4. The van der Waals surface area contributed by atoms with Gasteiger partial charge in [0.05, 0.1) is 0 Å². The molecule has 1 amide bonds. The van der Waals surface area contributed by atoms with Crippen molar-refractivity contribution in [2.24, 2.45) is 0 Å². The summed E-state index contributed by atoms with van der Waals surface area (Å²) in [7, 11) is 0. The van der Waals surface area contributed by atoms with E-state index in [0.29, 0.717) is 17.9 Å². The first-order valence-electron chi connectivity index (χ1n) is 8.08. The Morgan fingerprint density at radius 2 is 1.62 bits per heavy atom.